The second kappa shape index (κ2) is 6.44. The highest BCUT2D eigenvalue weighted by Crippen LogP contribution is 2.32. The van der Waals surface area contributed by atoms with Crippen LogP contribution in [-0.4, -0.2) is 27.0 Å². The van der Waals surface area contributed by atoms with Crippen molar-refractivity contribution in [2.24, 2.45) is 5.92 Å². The SMILES string of the molecule is O=C(O)c1c(Oc2cc(NC(=O)C3CC3)ncn2)ccc2ccccc12. The maximum Gasteiger partial charge on any atom is 0.340 e. The van der Waals surface area contributed by atoms with Crippen LogP contribution < -0.4 is 10.1 Å². The number of nitrogens with one attached hydrogen (secondary N) is 1. The Morgan fingerprint density at radius 3 is 2.69 bits per heavy atom. The lowest BCUT2D eigenvalue weighted by Crippen LogP contribution is -2.14. The summed E-state index contributed by atoms with van der Waals surface area (Å²) in [6.45, 7) is 0. The average molecular weight is 349 g/mol. The normalized spacial score (nSPS) is 13.4. The number of hydrogen-bond donors (Lipinski definition) is 2. The molecule has 1 heterocycles. The highest BCUT2D eigenvalue weighted by molar-refractivity contribution is 6.06. The van der Waals surface area contributed by atoms with Crippen LogP contribution in [0, 0.1) is 5.92 Å². The van der Waals surface area contributed by atoms with Crippen molar-refractivity contribution in [2.45, 2.75) is 12.8 Å². The van der Waals surface area contributed by atoms with E-state index in [1.54, 1.807) is 24.3 Å². The maximum absolute atomic E-state index is 11.8. The van der Waals surface area contributed by atoms with Gasteiger partial charge in [-0.25, -0.2) is 14.8 Å². The Bertz CT molecular complexity index is 1010. The van der Waals surface area contributed by atoms with Gasteiger partial charge in [-0.2, -0.15) is 0 Å². The molecule has 0 unspecified atom stereocenters. The number of carboxylic acids is 1. The number of carbonyl (C=O) groups is 2. The molecular formula is C19H15N3O4. The number of amides is 1. The summed E-state index contributed by atoms with van der Waals surface area (Å²) < 4.78 is 5.69. The zero-order valence-electron chi connectivity index (χ0n) is 13.7. The number of anilines is 1. The Kier molecular flexibility index (Phi) is 3.96. The van der Waals surface area contributed by atoms with Crippen molar-refractivity contribution in [1.82, 2.24) is 9.97 Å². The van der Waals surface area contributed by atoms with Crippen molar-refractivity contribution < 1.29 is 19.4 Å². The first-order chi connectivity index (χ1) is 12.6. The summed E-state index contributed by atoms with van der Waals surface area (Å²) in [5.74, 6) is -0.462. The van der Waals surface area contributed by atoms with Gasteiger partial charge in [-0.05, 0) is 29.7 Å². The van der Waals surface area contributed by atoms with Gasteiger partial charge in [0.25, 0.3) is 0 Å². The second-order valence-corrected chi connectivity index (χ2v) is 6.07. The van der Waals surface area contributed by atoms with Crippen LogP contribution in [0.15, 0.2) is 48.8 Å². The maximum atomic E-state index is 11.8. The van der Waals surface area contributed by atoms with Crippen LogP contribution in [0.2, 0.25) is 0 Å². The van der Waals surface area contributed by atoms with Crippen LogP contribution in [0.4, 0.5) is 5.82 Å². The van der Waals surface area contributed by atoms with E-state index in [1.807, 2.05) is 12.1 Å². The quantitative estimate of drug-likeness (QED) is 0.731. The minimum absolute atomic E-state index is 0.0495. The third kappa shape index (κ3) is 3.19. The lowest BCUT2D eigenvalue weighted by molar-refractivity contribution is -0.117. The molecule has 0 bridgehead atoms. The van der Waals surface area contributed by atoms with Crippen molar-refractivity contribution in [3.8, 4) is 11.6 Å². The van der Waals surface area contributed by atoms with Crippen molar-refractivity contribution >= 4 is 28.5 Å². The van der Waals surface area contributed by atoms with Crippen LogP contribution in [0.25, 0.3) is 10.8 Å². The summed E-state index contributed by atoms with van der Waals surface area (Å²) >= 11 is 0. The third-order valence-electron chi connectivity index (χ3n) is 4.16. The minimum Gasteiger partial charge on any atom is -0.478 e. The number of benzene rings is 2. The van der Waals surface area contributed by atoms with Gasteiger partial charge in [0.05, 0.1) is 0 Å². The Labute approximate surface area is 148 Å². The Morgan fingerprint density at radius 2 is 1.92 bits per heavy atom. The minimum atomic E-state index is -1.09. The first kappa shape index (κ1) is 16.0. The van der Waals surface area contributed by atoms with Gasteiger partial charge < -0.3 is 15.2 Å². The largest absolute Gasteiger partial charge is 0.478 e. The summed E-state index contributed by atoms with van der Waals surface area (Å²) in [4.78, 5) is 31.6. The molecule has 1 saturated carbocycles. The number of carboxylic acid groups (broad SMARTS) is 1. The molecule has 1 aliphatic rings. The van der Waals surface area contributed by atoms with E-state index in [4.69, 9.17) is 4.74 Å². The van der Waals surface area contributed by atoms with Gasteiger partial charge in [-0.15, -0.1) is 0 Å². The number of aromatic nitrogens is 2. The molecule has 0 radical (unpaired) electrons. The van der Waals surface area contributed by atoms with Crippen LogP contribution >= 0.6 is 0 Å². The van der Waals surface area contributed by atoms with E-state index in [0.717, 1.165) is 18.2 Å². The number of carbonyl (C=O) groups excluding carboxylic acids is 1. The van der Waals surface area contributed by atoms with E-state index in [-0.39, 0.29) is 29.0 Å². The number of aromatic carboxylic acids is 1. The van der Waals surface area contributed by atoms with Gasteiger partial charge in [0.1, 0.15) is 23.5 Å². The second-order valence-electron chi connectivity index (χ2n) is 6.07. The lowest BCUT2D eigenvalue weighted by atomic mass is 10.0. The van der Waals surface area contributed by atoms with Gasteiger partial charge in [-0.1, -0.05) is 30.3 Å². The van der Waals surface area contributed by atoms with Crippen molar-refractivity contribution in [3.05, 3.63) is 54.4 Å². The van der Waals surface area contributed by atoms with E-state index in [2.05, 4.69) is 15.3 Å². The predicted molar refractivity (Wildman–Crippen MR) is 94.4 cm³/mol. The van der Waals surface area contributed by atoms with E-state index in [0.29, 0.717) is 11.2 Å². The Balaban J connectivity index is 1.65. The highest BCUT2D eigenvalue weighted by Gasteiger charge is 2.29. The first-order valence-corrected chi connectivity index (χ1v) is 8.17. The van der Waals surface area contributed by atoms with Gasteiger partial charge in [0.2, 0.25) is 11.8 Å². The van der Waals surface area contributed by atoms with E-state index in [1.165, 1.54) is 12.4 Å². The number of ether oxygens (including phenoxy) is 1. The molecule has 130 valence electrons. The number of fused-ring (bicyclic) bond motifs is 1. The van der Waals surface area contributed by atoms with Gasteiger partial charge in [0.15, 0.2) is 0 Å². The molecule has 1 aromatic heterocycles. The molecule has 0 atom stereocenters. The van der Waals surface area contributed by atoms with Crippen LogP contribution in [0.3, 0.4) is 0 Å². The smallest absolute Gasteiger partial charge is 0.340 e. The molecule has 0 aliphatic heterocycles. The molecule has 1 amide bonds. The fourth-order valence-electron chi connectivity index (χ4n) is 2.71. The number of nitrogens with zero attached hydrogens (tertiary/aromatic N) is 2. The third-order valence-corrected chi connectivity index (χ3v) is 4.16. The van der Waals surface area contributed by atoms with Crippen LogP contribution in [0.1, 0.15) is 23.2 Å². The molecule has 2 aromatic carbocycles. The fourth-order valence-corrected chi connectivity index (χ4v) is 2.71. The molecule has 7 heteroatoms. The predicted octanol–water partition coefficient (Wildman–Crippen LogP) is 3.47. The van der Waals surface area contributed by atoms with Crippen LogP contribution in [0.5, 0.6) is 11.6 Å². The molecule has 0 spiro atoms. The number of hydrogen-bond acceptors (Lipinski definition) is 5. The summed E-state index contributed by atoms with van der Waals surface area (Å²) in [6.07, 6.45) is 3.04. The van der Waals surface area contributed by atoms with Crippen molar-refractivity contribution in [1.29, 1.82) is 0 Å². The summed E-state index contributed by atoms with van der Waals surface area (Å²) in [5.41, 5.74) is 0.0604. The van der Waals surface area contributed by atoms with E-state index in [9.17, 15) is 14.7 Å². The standard InChI is InChI=1S/C19H15N3O4/c23-18(12-5-6-12)22-15-9-16(21-10-20-15)26-14-8-7-11-3-1-2-4-13(11)17(14)19(24)25/h1-4,7-10,12H,5-6H2,(H,24,25)(H,20,21,22,23). The first-order valence-electron chi connectivity index (χ1n) is 8.17. The molecule has 1 aliphatic carbocycles. The van der Waals surface area contributed by atoms with Gasteiger partial charge in [0, 0.05) is 12.0 Å². The molecular weight excluding hydrogens is 334 g/mol. The summed E-state index contributed by atoms with van der Waals surface area (Å²) in [6, 6.07) is 12.0. The van der Waals surface area contributed by atoms with E-state index >= 15 is 0 Å². The zero-order valence-corrected chi connectivity index (χ0v) is 13.7. The average Bonchev–Trinajstić information content (AvgIpc) is 3.46. The molecule has 7 nitrogen and oxygen atoms in total. The summed E-state index contributed by atoms with van der Waals surface area (Å²) in [5, 5.41) is 13.7. The van der Waals surface area contributed by atoms with Crippen LogP contribution in [-0.2, 0) is 4.79 Å². The lowest BCUT2D eigenvalue weighted by Gasteiger charge is -2.11. The fraction of sp³-hybridized carbons (Fsp3) is 0.158. The molecule has 26 heavy (non-hydrogen) atoms. The van der Waals surface area contributed by atoms with Gasteiger partial charge in [-0.3, -0.25) is 4.79 Å². The topological polar surface area (TPSA) is 101 Å². The van der Waals surface area contributed by atoms with Crippen molar-refractivity contribution in [2.75, 3.05) is 5.32 Å². The molecule has 4 rings (SSSR count). The Morgan fingerprint density at radius 1 is 1.12 bits per heavy atom. The summed E-state index contributed by atoms with van der Waals surface area (Å²) in [7, 11) is 0. The number of rotatable bonds is 5. The molecule has 0 saturated heterocycles. The molecule has 3 aromatic rings. The molecule has 2 N–H and O–H groups in total. The zero-order chi connectivity index (χ0) is 18.1. The van der Waals surface area contributed by atoms with E-state index < -0.39 is 5.97 Å². The monoisotopic (exact) mass is 349 g/mol. The molecule has 1 fully saturated rings. The van der Waals surface area contributed by atoms with Gasteiger partial charge >= 0.3 is 5.97 Å². The highest BCUT2D eigenvalue weighted by atomic mass is 16.5. The van der Waals surface area contributed by atoms with Crippen molar-refractivity contribution in [3.63, 3.8) is 0 Å². The Hall–Kier alpha value is -3.48.